The Balaban J connectivity index is 2.50. The number of hydrogen-bond donors (Lipinski definition) is 1. The lowest BCUT2D eigenvalue weighted by molar-refractivity contribution is 0.769. The van der Waals surface area contributed by atoms with Crippen LogP contribution in [0.5, 0.6) is 0 Å². The molecule has 0 saturated carbocycles. The fraction of sp³-hybridized carbons (Fsp3) is 0.429. The second kappa shape index (κ2) is 5.67. The van der Waals surface area contributed by atoms with Crippen molar-refractivity contribution in [2.75, 3.05) is 11.9 Å². The molecular formula is C14H20N4. The van der Waals surface area contributed by atoms with Crippen LogP contribution in [0.4, 0.5) is 5.95 Å². The van der Waals surface area contributed by atoms with Gasteiger partial charge in [-0.15, -0.1) is 10.2 Å². The summed E-state index contributed by atoms with van der Waals surface area (Å²) < 4.78 is 2.12. The zero-order chi connectivity index (χ0) is 13.0. The van der Waals surface area contributed by atoms with Crippen LogP contribution in [0.3, 0.4) is 0 Å². The van der Waals surface area contributed by atoms with Gasteiger partial charge < -0.3 is 5.32 Å². The van der Waals surface area contributed by atoms with E-state index in [4.69, 9.17) is 0 Å². The molecule has 0 unspecified atom stereocenters. The minimum absolute atomic E-state index is 0.848. The molecule has 0 aliphatic carbocycles. The SMILES string of the molecule is CCNc1nnc(-c2ccccc2CC)n1CC. The Morgan fingerprint density at radius 1 is 1.11 bits per heavy atom. The smallest absolute Gasteiger partial charge is 0.224 e. The number of aryl methyl sites for hydroxylation is 1. The van der Waals surface area contributed by atoms with Crippen LogP contribution in [-0.2, 0) is 13.0 Å². The first-order valence-electron chi connectivity index (χ1n) is 6.57. The number of nitrogens with zero attached hydrogens (tertiary/aromatic N) is 3. The second-order valence-electron chi connectivity index (χ2n) is 4.13. The molecule has 0 saturated heterocycles. The van der Waals surface area contributed by atoms with Crippen LogP contribution in [0.15, 0.2) is 24.3 Å². The van der Waals surface area contributed by atoms with Crippen molar-refractivity contribution in [1.82, 2.24) is 14.8 Å². The van der Waals surface area contributed by atoms with Gasteiger partial charge in [-0.3, -0.25) is 4.57 Å². The Kier molecular flexibility index (Phi) is 3.97. The molecule has 0 bridgehead atoms. The highest BCUT2D eigenvalue weighted by Crippen LogP contribution is 2.24. The van der Waals surface area contributed by atoms with Gasteiger partial charge in [0.05, 0.1) is 0 Å². The summed E-state index contributed by atoms with van der Waals surface area (Å²) in [5.74, 6) is 1.80. The largest absolute Gasteiger partial charge is 0.355 e. The lowest BCUT2D eigenvalue weighted by atomic mass is 10.0. The van der Waals surface area contributed by atoms with Gasteiger partial charge in [0.2, 0.25) is 5.95 Å². The van der Waals surface area contributed by atoms with Crippen LogP contribution in [-0.4, -0.2) is 21.3 Å². The molecule has 4 nitrogen and oxygen atoms in total. The minimum Gasteiger partial charge on any atom is -0.355 e. The van der Waals surface area contributed by atoms with Gasteiger partial charge in [-0.2, -0.15) is 0 Å². The van der Waals surface area contributed by atoms with Crippen LogP contribution in [0.25, 0.3) is 11.4 Å². The normalized spacial score (nSPS) is 10.6. The molecule has 2 rings (SSSR count). The van der Waals surface area contributed by atoms with Crippen molar-refractivity contribution in [1.29, 1.82) is 0 Å². The summed E-state index contributed by atoms with van der Waals surface area (Å²) in [5.41, 5.74) is 2.49. The molecule has 1 N–H and O–H groups in total. The molecule has 2 aromatic rings. The van der Waals surface area contributed by atoms with Crippen LogP contribution in [0.1, 0.15) is 26.3 Å². The fourth-order valence-electron chi connectivity index (χ4n) is 2.14. The van der Waals surface area contributed by atoms with Crippen molar-refractivity contribution in [2.24, 2.45) is 0 Å². The molecule has 0 atom stereocenters. The van der Waals surface area contributed by atoms with E-state index in [1.165, 1.54) is 11.1 Å². The van der Waals surface area contributed by atoms with Gasteiger partial charge in [0.25, 0.3) is 0 Å². The highest BCUT2D eigenvalue weighted by molar-refractivity contribution is 5.62. The van der Waals surface area contributed by atoms with Crippen LogP contribution < -0.4 is 5.32 Å². The third-order valence-electron chi connectivity index (χ3n) is 3.04. The predicted octanol–water partition coefficient (Wildman–Crippen LogP) is 2.96. The van der Waals surface area contributed by atoms with E-state index in [1.54, 1.807) is 0 Å². The molecule has 0 spiro atoms. The van der Waals surface area contributed by atoms with Gasteiger partial charge in [0.1, 0.15) is 0 Å². The van der Waals surface area contributed by atoms with E-state index in [0.717, 1.165) is 31.3 Å². The molecule has 0 aliphatic heterocycles. The van der Waals surface area contributed by atoms with Gasteiger partial charge in [-0.25, -0.2) is 0 Å². The zero-order valence-corrected chi connectivity index (χ0v) is 11.3. The van der Waals surface area contributed by atoms with E-state index in [2.05, 4.69) is 65.1 Å². The molecule has 18 heavy (non-hydrogen) atoms. The van der Waals surface area contributed by atoms with Crippen molar-refractivity contribution < 1.29 is 0 Å². The third-order valence-corrected chi connectivity index (χ3v) is 3.04. The monoisotopic (exact) mass is 244 g/mol. The van der Waals surface area contributed by atoms with E-state index in [-0.39, 0.29) is 0 Å². The average Bonchev–Trinajstić information content (AvgIpc) is 2.81. The lowest BCUT2D eigenvalue weighted by Gasteiger charge is -2.10. The number of hydrogen-bond acceptors (Lipinski definition) is 3. The van der Waals surface area contributed by atoms with Crippen molar-refractivity contribution in [3.05, 3.63) is 29.8 Å². The molecular weight excluding hydrogens is 224 g/mol. The quantitative estimate of drug-likeness (QED) is 0.879. The maximum absolute atomic E-state index is 4.33. The summed E-state index contributed by atoms with van der Waals surface area (Å²) in [6.07, 6.45) is 1.00. The van der Waals surface area contributed by atoms with Crippen molar-refractivity contribution in [3.8, 4) is 11.4 Å². The van der Waals surface area contributed by atoms with E-state index in [1.807, 2.05) is 0 Å². The minimum atomic E-state index is 0.848. The molecule has 1 aromatic heterocycles. The summed E-state index contributed by atoms with van der Waals surface area (Å²) >= 11 is 0. The summed E-state index contributed by atoms with van der Waals surface area (Å²) in [4.78, 5) is 0. The standard InChI is InChI=1S/C14H20N4/c1-4-11-9-7-8-10-12(11)13-16-17-14(15-5-2)18(13)6-3/h7-10H,4-6H2,1-3H3,(H,15,17). The molecule has 96 valence electrons. The molecule has 0 amide bonds. The van der Waals surface area contributed by atoms with Gasteiger partial charge in [-0.1, -0.05) is 31.2 Å². The van der Waals surface area contributed by atoms with E-state index < -0.39 is 0 Å². The first-order valence-corrected chi connectivity index (χ1v) is 6.57. The Hall–Kier alpha value is -1.84. The zero-order valence-electron chi connectivity index (χ0n) is 11.3. The third kappa shape index (κ3) is 2.23. The van der Waals surface area contributed by atoms with Crippen LogP contribution in [0, 0.1) is 0 Å². The maximum atomic E-state index is 4.33. The first kappa shape index (κ1) is 12.6. The first-order chi connectivity index (χ1) is 8.81. The molecule has 4 heteroatoms. The lowest BCUT2D eigenvalue weighted by Crippen LogP contribution is -2.07. The molecule has 0 aliphatic rings. The van der Waals surface area contributed by atoms with Crippen molar-refractivity contribution in [3.63, 3.8) is 0 Å². The van der Waals surface area contributed by atoms with Crippen molar-refractivity contribution in [2.45, 2.75) is 33.7 Å². The number of rotatable bonds is 5. The summed E-state index contributed by atoms with van der Waals surface area (Å²) in [5, 5.41) is 11.8. The van der Waals surface area contributed by atoms with Gasteiger partial charge in [0, 0.05) is 18.7 Å². The van der Waals surface area contributed by atoms with E-state index in [9.17, 15) is 0 Å². The van der Waals surface area contributed by atoms with Gasteiger partial charge in [0.15, 0.2) is 5.82 Å². The van der Waals surface area contributed by atoms with Gasteiger partial charge >= 0.3 is 0 Å². The van der Waals surface area contributed by atoms with Crippen LogP contribution in [0.2, 0.25) is 0 Å². The summed E-state index contributed by atoms with van der Waals surface area (Å²) in [7, 11) is 0. The summed E-state index contributed by atoms with van der Waals surface area (Å²) in [6.45, 7) is 8.06. The molecule has 0 fully saturated rings. The van der Waals surface area contributed by atoms with Crippen molar-refractivity contribution >= 4 is 5.95 Å². The highest BCUT2D eigenvalue weighted by atomic mass is 15.3. The average molecular weight is 244 g/mol. The maximum Gasteiger partial charge on any atom is 0.224 e. The number of benzene rings is 1. The second-order valence-corrected chi connectivity index (χ2v) is 4.13. The number of nitrogens with one attached hydrogen (secondary N) is 1. The molecule has 0 radical (unpaired) electrons. The number of anilines is 1. The Morgan fingerprint density at radius 3 is 2.56 bits per heavy atom. The summed E-state index contributed by atoms with van der Waals surface area (Å²) in [6, 6.07) is 8.39. The number of aromatic nitrogens is 3. The van der Waals surface area contributed by atoms with E-state index in [0.29, 0.717) is 0 Å². The highest BCUT2D eigenvalue weighted by Gasteiger charge is 2.13. The van der Waals surface area contributed by atoms with Gasteiger partial charge in [-0.05, 0) is 25.8 Å². The predicted molar refractivity (Wildman–Crippen MR) is 74.7 cm³/mol. The Morgan fingerprint density at radius 2 is 1.89 bits per heavy atom. The fourth-order valence-corrected chi connectivity index (χ4v) is 2.14. The van der Waals surface area contributed by atoms with Crippen LogP contribution >= 0.6 is 0 Å². The topological polar surface area (TPSA) is 42.7 Å². The Bertz CT molecular complexity index is 516. The van der Waals surface area contributed by atoms with E-state index >= 15 is 0 Å². The molecule has 1 aromatic carbocycles. The molecule has 1 heterocycles. The Labute approximate surface area is 108 Å².